The molecule has 1 N–H and O–H groups in total. The molecule has 2 atom stereocenters. The van der Waals surface area contributed by atoms with E-state index in [2.05, 4.69) is 19.8 Å². The maximum absolute atomic E-state index is 12.4. The van der Waals surface area contributed by atoms with Crippen LogP contribution in [0.3, 0.4) is 0 Å². The molecule has 21 heavy (non-hydrogen) atoms. The summed E-state index contributed by atoms with van der Waals surface area (Å²) in [7, 11) is 0. The summed E-state index contributed by atoms with van der Waals surface area (Å²) in [6.07, 6.45) is 8.61. The maximum Gasteiger partial charge on any atom is 0.271 e. The van der Waals surface area contributed by atoms with Crippen molar-refractivity contribution in [3.8, 4) is 0 Å². The van der Waals surface area contributed by atoms with Crippen molar-refractivity contribution in [1.29, 1.82) is 0 Å². The van der Waals surface area contributed by atoms with Crippen LogP contribution < -0.4 is 5.32 Å². The second-order valence-corrected chi connectivity index (χ2v) is 7.68. The molecule has 0 radical (unpaired) electrons. The van der Waals surface area contributed by atoms with Crippen LogP contribution in [0.25, 0.3) is 0 Å². The third kappa shape index (κ3) is 2.71. The normalized spacial score (nSPS) is 35.0. The number of carbonyl (C=O) groups is 1. The maximum atomic E-state index is 12.4. The van der Waals surface area contributed by atoms with Crippen molar-refractivity contribution in [3.05, 3.63) is 18.2 Å². The lowest BCUT2D eigenvalue weighted by atomic mass is 9.84. The van der Waals surface area contributed by atoms with Crippen molar-refractivity contribution in [2.24, 2.45) is 5.92 Å². The number of aromatic nitrogens is 2. The van der Waals surface area contributed by atoms with E-state index in [1.807, 2.05) is 24.3 Å². The lowest BCUT2D eigenvalue weighted by Gasteiger charge is -2.44. The van der Waals surface area contributed by atoms with Crippen LogP contribution in [0, 0.1) is 5.92 Å². The van der Waals surface area contributed by atoms with Gasteiger partial charge < -0.3 is 14.8 Å². The summed E-state index contributed by atoms with van der Waals surface area (Å²) < 4.78 is 2.10. The van der Waals surface area contributed by atoms with Gasteiger partial charge in [-0.25, -0.2) is 4.98 Å². The van der Waals surface area contributed by atoms with E-state index >= 15 is 0 Å². The summed E-state index contributed by atoms with van der Waals surface area (Å²) in [5.41, 5.74) is 0.568. The number of hydrogen-bond acceptors (Lipinski definition) is 4. The smallest absolute Gasteiger partial charge is 0.271 e. The number of amides is 1. The number of fused-ring (bicyclic) bond motifs is 3. The molecule has 4 fully saturated rings. The van der Waals surface area contributed by atoms with Crippen molar-refractivity contribution in [2.45, 2.75) is 37.1 Å². The fraction of sp³-hybridized carbons (Fsp3) is 0.733. The molecule has 0 saturated carbocycles. The van der Waals surface area contributed by atoms with Crippen LogP contribution in [-0.2, 0) is 0 Å². The van der Waals surface area contributed by atoms with E-state index in [9.17, 15) is 4.79 Å². The van der Waals surface area contributed by atoms with Gasteiger partial charge in [-0.3, -0.25) is 4.79 Å². The summed E-state index contributed by atoms with van der Waals surface area (Å²) in [4.78, 5) is 19.2. The van der Waals surface area contributed by atoms with Crippen molar-refractivity contribution < 1.29 is 4.79 Å². The Labute approximate surface area is 129 Å². The molecule has 4 saturated heterocycles. The van der Waals surface area contributed by atoms with Gasteiger partial charge in [-0.2, -0.15) is 0 Å². The molecule has 6 heteroatoms. The molecule has 4 aliphatic heterocycles. The van der Waals surface area contributed by atoms with E-state index < -0.39 is 0 Å². The van der Waals surface area contributed by atoms with Gasteiger partial charge in [0.25, 0.3) is 5.91 Å². The van der Waals surface area contributed by atoms with Crippen molar-refractivity contribution in [2.75, 3.05) is 25.4 Å². The molecule has 0 aliphatic carbocycles. The zero-order valence-electron chi connectivity index (χ0n) is 12.2. The first-order chi connectivity index (χ1) is 10.3. The summed E-state index contributed by atoms with van der Waals surface area (Å²) in [5.74, 6) is 1.87. The second-order valence-electron chi connectivity index (χ2n) is 6.39. The van der Waals surface area contributed by atoms with Crippen molar-refractivity contribution in [3.63, 3.8) is 0 Å². The van der Waals surface area contributed by atoms with Crippen LogP contribution >= 0.6 is 11.8 Å². The Morgan fingerprint density at radius 2 is 2.19 bits per heavy atom. The largest absolute Gasteiger partial charge is 0.346 e. The minimum Gasteiger partial charge on any atom is -0.346 e. The molecule has 1 amide bonds. The molecule has 2 bridgehead atoms. The summed E-state index contributed by atoms with van der Waals surface area (Å²) in [6.45, 7) is 3.41. The second kappa shape index (κ2) is 5.65. The fourth-order valence-electron chi connectivity index (χ4n) is 3.78. The first kappa shape index (κ1) is 13.6. The predicted molar refractivity (Wildman–Crippen MR) is 83.4 cm³/mol. The van der Waals surface area contributed by atoms with Gasteiger partial charge in [-0.05, 0) is 50.4 Å². The molecule has 114 valence electrons. The lowest BCUT2D eigenvalue weighted by molar-refractivity contribution is 0.0618. The van der Waals surface area contributed by atoms with E-state index in [-0.39, 0.29) is 5.91 Å². The summed E-state index contributed by atoms with van der Waals surface area (Å²) in [6, 6.07) is 0.311. The van der Waals surface area contributed by atoms with Gasteiger partial charge in [0.2, 0.25) is 0 Å². The van der Waals surface area contributed by atoms with E-state index in [4.69, 9.17) is 0 Å². The van der Waals surface area contributed by atoms with E-state index in [1.165, 1.54) is 44.5 Å². The summed E-state index contributed by atoms with van der Waals surface area (Å²) in [5, 5.41) is 3.68. The zero-order chi connectivity index (χ0) is 14.2. The summed E-state index contributed by atoms with van der Waals surface area (Å²) >= 11 is 1.95. The molecular formula is C15H22N4OS. The Morgan fingerprint density at radius 3 is 2.86 bits per heavy atom. The van der Waals surface area contributed by atoms with Gasteiger partial charge in [0.15, 0.2) is 0 Å². The highest BCUT2D eigenvalue weighted by Gasteiger charge is 2.35. The molecule has 5 heterocycles. The lowest BCUT2D eigenvalue weighted by Crippen LogP contribution is -2.57. The van der Waals surface area contributed by atoms with Crippen LogP contribution in [-0.4, -0.2) is 51.8 Å². The highest BCUT2D eigenvalue weighted by atomic mass is 32.2. The number of nitrogens with zero attached hydrogens (tertiary/aromatic N) is 3. The Hall–Kier alpha value is -1.01. The van der Waals surface area contributed by atoms with Crippen molar-refractivity contribution >= 4 is 17.7 Å². The van der Waals surface area contributed by atoms with Gasteiger partial charge >= 0.3 is 0 Å². The number of rotatable bonds is 3. The predicted octanol–water partition coefficient (Wildman–Crippen LogP) is 1.73. The Balaban J connectivity index is 1.40. The van der Waals surface area contributed by atoms with Crippen LogP contribution in [0.15, 0.2) is 12.5 Å². The third-order valence-electron chi connectivity index (χ3n) is 5.04. The third-order valence-corrected chi connectivity index (χ3v) is 6.43. The number of hydrogen-bond donors (Lipinski definition) is 1. The van der Waals surface area contributed by atoms with E-state index in [1.54, 1.807) is 0 Å². The van der Waals surface area contributed by atoms with Gasteiger partial charge in [0.1, 0.15) is 5.69 Å². The molecule has 5 rings (SSSR count). The monoisotopic (exact) mass is 306 g/mol. The number of piperidine rings is 3. The zero-order valence-corrected chi connectivity index (χ0v) is 13.0. The van der Waals surface area contributed by atoms with Gasteiger partial charge in [-0.15, -0.1) is 11.8 Å². The minimum atomic E-state index is -0.00417. The Kier molecular flexibility index (Phi) is 3.67. The van der Waals surface area contributed by atoms with Gasteiger partial charge in [0.05, 0.1) is 11.7 Å². The molecule has 0 aromatic carbocycles. The molecule has 5 nitrogen and oxygen atoms in total. The van der Waals surface area contributed by atoms with Crippen LogP contribution in [0.1, 0.15) is 41.5 Å². The van der Waals surface area contributed by atoms with E-state index in [0.717, 1.165) is 6.54 Å². The molecule has 1 aromatic rings. The van der Waals surface area contributed by atoms with E-state index in [0.29, 0.717) is 23.0 Å². The number of imidazole rings is 1. The van der Waals surface area contributed by atoms with Crippen molar-refractivity contribution in [1.82, 2.24) is 19.8 Å². The number of nitrogens with one attached hydrogen (secondary N) is 1. The quantitative estimate of drug-likeness (QED) is 0.924. The topological polar surface area (TPSA) is 50.2 Å². The molecule has 1 aromatic heterocycles. The fourth-order valence-corrected chi connectivity index (χ4v) is 5.00. The minimum absolute atomic E-state index is 0.00417. The van der Waals surface area contributed by atoms with Crippen LogP contribution in [0.5, 0.6) is 0 Å². The van der Waals surface area contributed by atoms with Crippen LogP contribution in [0.4, 0.5) is 0 Å². The molecule has 2 unspecified atom stereocenters. The molecular weight excluding hydrogens is 284 g/mol. The number of thioether (sulfide) groups is 1. The first-order valence-electron chi connectivity index (χ1n) is 7.98. The molecule has 0 spiro atoms. The first-order valence-corrected chi connectivity index (χ1v) is 9.03. The highest BCUT2D eigenvalue weighted by Crippen LogP contribution is 2.35. The standard InChI is InChI=1S/C15H22N4OS/c20-15(17-12-8-18-5-3-11(12)4-6-18)13-9-19(10-16-13)14-2-1-7-21-14/h9-12,14H,1-8H2,(H,17,20). The average Bonchev–Trinajstić information content (AvgIpc) is 3.20. The Bertz CT molecular complexity index is 517. The van der Waals surface area contributed by atoms with Gasteiger partial charge in [0, 0.05) is 18.8 Å². The van der Waals surface area contributed by atoms with Crippen LogP contribution in [0.2, 0.25) is 0 Å². The molecule has 4 aliphatic rings. The highest BCUT2D eigenvalue weighted by molar-refractivity contribution is 7.99. The van der Waals surface area contributed by atoms with Gasteiger partial charge in [-0.1, -0.05) is 0 Å². The average molecular weight is 306 g/mol. The Morgan fingerprint density at radius 1 is 1.33 bits per heavy atom. The number of carbonyl (C=O) groups excluding carboxylic acids is 1. The SMILES string of the molecule is O=C(NC1CN2CCC1CC2)c1cn(C2CCCS2)cn1.